The number of nitrogens with one attached hydrogen (secondary N) is 1. The van der Waals surface area contributed by atoms with E-state index in [0.717, 1.165) is 0 Å². The largest absolute Gasteiger partial charge is 0.464 e. The van der Waals surface area contributed by atoms with Crippen LogP contribution < -0.4 is 10.2 Å². The Kier molecular flexibility index (Phi) is 4.24. The van der Waals surface area contributed by atoms with Gasteiger partial charge >= 0.3 is 17.8 Å². The summed E-state index contributed by atoms with van der Waals surface area (Å²) in [6.45, 7) is 1.91. The van der Waals surface area contributed by atoms with Crippen LogP contribution in [0.2, 0.25) is 5.02 Å². The summed E-state index contributed by atoms with van der Waals surface area (Å²) in [7, 11) is 0. The summed E-state index contributed by atoms with van der Waals surface area (Å²) >= 11 is 5.78. The van der Waals surface area contributed by atoms with E-state index in [1.807, 2.05) is 0 Å². The number of carbonyl (C=O) groups excluding carboxylic acids is 3. The highest BCUT2D eigenvalue weighted by Crippen LogP contribution is 2.20. The molecule has 6 nitrogen and oxygen atoms in total. The van der Waals surface area contributed by atoms with E-state index < -0.39 is 23.8 Å². The highest BCUT2D eigenvalue weighted by molar-refractivity contribution is 6.41. The van der Waals surface area contributed by atoms with Crippen molar-refractivity contribution in [2.24, 2.45) is 0 Å². The van der Waals surface area contributed by atoms with Gasteiger partial charge in [0, 0.05) is 10.7 Å². The van der Waals surface area contributed by atoms with Crippen LogP contribution in [0.3, 0.4) is 0 Å². The van der Waals surface area contributed by atoms with Gasteiger partial charge in [-0.2, -0.15) is 0 Å². The first-order valence-corrected chi connectivity index (χ1v) is 6.45. The Hall–Kier alpha value is -2.08. The van der Waals surface area contributed by atoms with Crippen LogP contribution in [0, 0.1) is 0 Å². The molecular weight excluding hydrogens is 284 g/mol. The summed E-state index contributed by atoms with van der Waals surface area (Å²) in [5.74, 6) is -2.11. The number of halogens is 1. The van der Waals surface area contributed by atoms with Crippen LogP contribution in [0.15, 0.2) is 24.3 Å². The monoisotopic (exact) mass is 296 g/mol. The summed E-state index contributed by atoms with van der Waals surface area (Å²) < 4.78 is 4.86. The van der Waals surface area contributed by atoms with Gasteiger partial charge in [0.25, 0.3) is 0 Å². The Labute approximate surface area is 120 Å². The number of carbonyl (C=O) groups is 3. The average molecular weight is 297 g/mol. The van der Waals surface area contributed by atoms with Gasteiger partial charge in [-0.15, -0.1) is 0 Å². The summed E-state index contributed by atoms with van der Waals surface area (Å²) in [4.78, 5) is 36.4. The first-order chi connectivity index (χ1) is 9.52. The van der Waals surface area contributed by atoms with Crippen LogP contribution in [-0.2, 0) is 19.1 Å². The molecule has 0 radical (unpaired) electrons. The minimum Gasteiger partial charge on any atom is -0.464 e. The Morgan fingerprint density at radius 1 is 1.40 bits per heavy atom. The van der Waals surface area contributed by atoms with Gasteiger partial charge in [0.1, 0.15) is 6.04 Å². The number of hydrogen-bond donors (Lipinski definition) is 1. The zero-order valence-corrected chi connectivity index (χ0v) is 11.5. The third-order valence-corrected chi connectivity index (χ3v) is 3.07. The zero-order chi connectivity index (χ0) is 14.7. The second-order valence-corrected chi connectivity index (χ2v) is 4.61. The maximum absolute atomic E-state index is 11.9. The minimum absolute atomic E-state index is 0.0328. The first-order valence-electron chi connectivity index (χ1n) is 6.07. The second-order valence-electron chi connectivity index (χ2n) is 4.17. The first kappa shape index (κ1) is 14.3. The molecule has 1 aliphatic heterocycles. The third-order valence-electron chi connectivity index (χ3n) is 2.82. The lowest BCUT2D eigenvalue weighted by molar-refractivity contribution is -0.149. The van der Waals surface area contributed by atoms with E-state index in [9.17, 15) is 14.4 Å². The maximum Gasteiger partial charge on any atom is 0.330 e. The van der Waals surface area contributed by atoms with E-state index in [0.29, 0.717) is 10.7 Å². The molecule has 0 saturated carbocycles. The van der Waals surface area contributed by atoms with Crippen LogP contribution in [0.25, 0.3) is 0 Å². The molecule has 106 valence electrons. The van der Waals surface area contributed by atoms with Gasteiger partial charge in [0.05, 0.1) is 13.2 Å². The Morgan fingerprint density at radius 2 is 2.05 bits per heavy atom. The number of hydrogen-bond acceptors (Lipinski definition) is 4. The standard InChI is InChI=1S/C13H13ClN2O4/c1-2-20-13(19)10-7-16(12(18)11(17)15-10)9-5-3-8(14)4-6-9/h3-6,10H,2,7H2,1H3,(H,15,17). The molecular formula is C13H13ClN2O4. The van der Waals surface area contributed by atoms with Crippen molar-refractivity contribution in [2.75, 3.05) is 18.1 Å². The van der Waals surface area contributed by atoms with Crippen molar-refractivity contribution >= 4 is 35.1 Å². The number of rotatable bonds is 3. The highest BCUT2D eigenvalue weighted by Gasteiger charge is 2.37. The molecule has 1 aromatic rings. The molecule has 0 aromatic heterocycles. The molecule has 1 N–H and O–H groups in total. The van der Waals surface area contributed by atoms with Crippen LogP contribution in [0.5, 0.6) is 0 Å². The number of amides is 2. The van der Waals surface area contributed by atoms with Crippen LogP contribution >= 0.6 is 11.6 Å². The van der Waals surface area contributed by atoms with Gasteiger partial charge in [0.2, 0.25) is 0 Å². The predicted octanol–water partition coefficient (Wildman–Crippen LogP) is 0.734. The van der Waals surface area contributed by atoms with E-state index in [-0.39, 0.29) is 13.2 Å². The third kappa shape index (κ3) is 2.91. The van der Waals surface area contributed by atoms with Crippen LogP contribution in [0.4, 0.5) is 5.69 Å². The molecule has 1 aliphatic rings. The number of benzene rings is 1. The average Bonchev–Trinajstić information content (AvgIpc) is 2.43. The van der Waals surface area contributed by atoms with E-state index in [1.54, 1.807) is 31.2 Å². The molecule has 1 fully saturated rings. The van der Waals surface area contributed by atoms with Gasteiger partial charge in [-0.1, -0.05) is 11.6 Å². The van der Waals surface area contributed by atoms with Crippen molar-refractivity contribution in [1.29, 1.82) is 0 Å². The highest BCUT2D eigenvalue weighted by atomic mass is 35.5. The van der Waals surface area contributed by atoms with Crippen molar-refractivity contribution in [3.8, 4) is 0 Å². The van der Waals surface area contributed by atoms with Crippen molar-refractivity contribution in [1.82, 2.24) is 5.32 Å². The van der Waals surface area contributed by atoms with Crippen LogP contribution in [-0.4, -0.2) is 37.0 Å². The molecule has 1 heterocycles. The van der Waals surface area contributed by atoms with E-state index >= 15 is 0 Å². The van der Waals surface area contributed by atoms with Crippen molar-refractivity contribution in [3.63, 3.8) is 0 Å². The molecule has 2 rings (SSSR count). The second kappa shape index (κ2) is 5.92. The van der Waals surface area contributed by atoms with Crippen molar-refractivity contribution < 1.29 is 19.1 Å². The lowest BCUT2D eigenvalue weighted by Crippen LogP contribution is -2.60. The molecule has 1 unspecified atom stereocenters. The molecule has 2 amide bonds. The lowest BCUT2D eigenvalue weighted by atomic mass is 10.1. The minimum atomic E-state index is -0.865. The summed E-state index contributed by atoms with van der Waals surface area (Å²) in [5, 5.41) is 2.85. The molecule has 1 saturated heterocycles. The molecule has 1 aromatic carbocycles. The zero-order valence-electron chi connectivity index (χ0n) is 10.8. The molecule has 0 aliphatic carbocycles. The number of esters is 1. The Bertz CT molecular complexity index is 544. The summed E-state index contributed by atoms with van der Waals surface area (Å²) in [6, 6.07) is 5.57. The Morgan fingerprint density at radius 3 is 2.65 bits per heavy atom. The van der Waals surface area contributed by atoms with Gasteiger partial charge in [-0.3, -0.25) is 9.59 Å². The van der Waals surface area contributed by atoms with Crippen molar-refractivity contribution in [2.45, 2.75) is 13.0 Å². The topological polar surface area (TPSA) is 75.7 Å². The number of nitrogens with zero attached hydrogens (tertiary/aromatic N) is 1. The van der Waals surface area contributed by atoms with E-state index in [2.05, 4.69) is 5.32 Å². The molecule has 20 heavy (non-hydrogen) atoms. The fourth-order valence-corrected chi connectivity index (χ4v) is 2.00. The normalized spacial score (nSPS) is 18.7. The molecule has 0 bridgehead atoms. The number of piperazine rings is 1. The fraction of sp³-hybridized carbons (Fsp3) is 0.308. The fourth-order valence-electron chi connectivity index (χ4n) is 1.87. The smallest absolute Gasteiger partial charge is 0.330 e. The van der Waals surface area contributed by atoms with Crippen LogP contribution in [0.1, 0.15) is 6.92 Å². The quantitative estimate of drug-likeness (QED) is 0.659. The molecule has 1 atom stereocenters. The maximum atomic E-state index is 11.9. The van der Waals surface area contributed by atoms with E-state index in [1.165, 1.54) is 4.90 Å². The predicted molar refractivity (Wildman–Crippen MR) is 72.4 cm³/mol. The van der Waals surface area contributed by atoms with Gasteiger partial charge in [0.15, 0.2) is 0 Å². The van der Waals surface area contributed by atoms with Crippen molar-refractivity contribution in [3.05, 3.63) is 29.3 Å². The number of ether oxygens (including phenoxy) is 1. The Balaban J connectivity index is 2.22. The summed E-state index contributed by atoms with van der Waals surface area (Å²) in [6.07, 6.45) is 0. The summed E-state index contributed by atoms with van der Waals surface area (Å²) in [5.41, 5.74) is 0.503. The number of anilines is 1. The van der Waals surface area contributed by atoms with Gasteiger partial charge in [-0.25, -0.2) is 4.79 Å². The molecule has 7 heteroatoms. The van der Waals surface area contributed by atoms with Gasteiger partial charge in [-0.05, 0) is 31.2 Å². The van der Waals surface area contributed by atoms with E-state index in [4.69, 9.17) is 16.3 Å². The lowest BCUT2D eigenvalue weighted by Gasteiger charge is -2.31. The SMILES string of the molecule is CCOC(=O)C1CN(c2ccc(Cl)cc2)C(=O)C(=O)N1. The van der Waals surface area contributed by atoms with Gasteiger partial charge < -0.3 is 15.0 Å². The molecule has 0 spiro atoms.